The van der Waals surface area contributed by atoms with E-state index in [0.29, 0.717) is 22.5 Å². The van der Waals surface area contributed by atoms with Crippen LogP contribution in [0.4, 0.5) is 5.69 Å². The molecule has 0 saturated heterocycles. The second kappa shape index (κ2) is 5.33. The van der Waals surface area contributed by atoms with Gasteiger partial charge in [-0.05, 0) is 32.0 Å². The monoisotopic (exact) mass is 304 g/mol. The standard InChI is InChI=1S/C14H16N4O2S/c1-3-18-11(6-9(2)17-18)8-21(19)14-16-12-5-4-10(15)7-13(12)20-14/h4-7H,3,8,15H2,1-2H3. The molecule has 3 aromatic rings. The van der Waals surface area contributed by atoms with Gasteiger partial charge in [-0.3, -0.25) is 4.68 Å². The smallest absolute Gasteiger partial charge is 0.288 e. The lowest BCUT2D eigenvalue weighted by Gasteiger charge is -2.02. The molecule has 0 aliphatic heterocycles. The number of anilines is 1. The van der Waals surface area contributed by atoms with Crippen LogP contribution in [0.15, 0.2) is 33.9 Å². The van der Waals surface area contributed by atoms with Crippen molar-refractivity contribution in [1.82, 2.24) is 14.8 Å². The molecule has 2 N–H and O–H groups in total. The number of aryl methyl sites for hydroxylation is 2. The van der Waals surface area contributed by atoms with Crippen molar-refractivity contribution in [3.8, 4) is 0 Å². The van der Waals surface area contributed by atoms with Crippen molar-refractivity contribution in [2.45, 2.75) is 31.4 Å². The van der Waals surface area contributed by atoms with Gasteiger partial charge in [-0.1, -0.05) is 0 Å². The molecule has 7 heteroatoms. The van der Waals surface area contributed by atoms with Gasteiger partial charge >= 0.3 is 0 Å². The summed E-state index contributed by atoms with van der Waals surface area (Å²) in [6.07, 6.45) is 0. The molecule has 0 aliphatic rings. The first kappa shape index (κ1) is 13.8. The number of hydrogen-bond acceptors (Lipinski definition) is 5. The summed E-state index contributed by atoms with van der Waals surface area (Å²) in [6.45, 7) is 4.66. The molecule has 0 amide bonds. The molecule has 0 spiro atoms. The fourth-order valence-corrected chi connectivity index (χ4v) is 3.21. The van der Waals surface area contributed by atoms with E-state index in [9.17, 15) is 4.21 Å². The molecule has 21 heavy (non-hydrogen) atoms. The van der Waals surface area contributed by atoms with Gasteiger partial charge in [0.1, 0.15) is 16.3 Å². The lowest BCUT2D eigenvalue weighted by Crippen LogP contribution is -2.06. The quantitative estimate of drug-likeness (QED) is 0.747. The summed E-state index contributed by atoms with van der Waals surface area (Å²) >= 11 is 0. The number of nitrogens with zero attached hydrogens (tertiary/aromatic N) is 3. The highest BCUT2D eigenvalue weighted by Gasteiger charge is 2.16. The topological polar surface area (TPSA) is 86.9 Å². The Kier molecular flexibility index (Phi) is 3.50. The molecule has 0 aliphatic carbocycles. The zero-order chi connectivity index (χ0) is 15.0. The van der Waals surface area contributed by atoms with Crippen LogP contribution in [0.1, 0.15) is 18.3 Å². The van der Waals surface area contributed by atoms with Crippen LogP contribution in [0.25, 0.3) is 11.1 Å². The van der Waals surface area contributed by atoms with E-state index in [4.69, 9.17) is 10.2 Å². The zero-order valence-corrected chi connectivity index (χ0v) is 12.7. The maximum Gasteiger partial charge on any atom is 0.288 e. The summed E-state index contributed by atoms with van der Waals surface area (Å²) in [5, 5.41) is 4.56. The first-order valence-electron chi connectivity index (χ1n) is 6.64. The Morgan fingerprint density at radius 3 is 2.95 bits per heavy atom. The second-order valence-corrected chi connectivity index (χ2v) is 6.12. The number of nitrogen functional groups attached to an aromatic ring is 1. The Hall–Kier alpha value is -2.15. The molecule has 0 fully saturated rings. The first-order chi connectivity index (χ1) is 10.1. The van der Waals surface area contributed by atoms with E-state index in [1.54, 1.807) is 18.2 Å². The minimum atomic E-state index is -1.35. The van der Waals surface area contributed by atoms with E-state index >= 15 is 0 Å². The molecule has 1 unspecified atom stereocenters. The fraction of sp³-hybridized carbons (Fsp3) is 0.286. The second-order valence-electron chi connectivity index (χ2n) is 4.79. The van der Waals surface area contributed by atoms with Gasteiger partial charge in [0.05, 0.1) is 17.1 Å². The van der Waals surface area contributed by atoms with Crippen LogP contribution in [0.3, 0.4) is 0 Å². The maximum absolute atomic E-state index is 12.4. The van der Waals surface area contributed by atoms with Crippen molar-refractivity contribution in [3.05, 3.63) is 35.7 Å². The van der Waals surface area contributed by atoms with E-state index in [0.717, 1.165) is 17.9 Å². The van der Waals surface area contributed by atoms with Gasteiger partial charge < -0.3 is 10.2 Å². The van der Waals surface area contributed by atoms with Crippen LogP contribution in [0.5, 0.6) is 0 Å². The largest absolute Gasteiger partial charge is 0.430 e. The number of hydrogen-bond donors (Lipinski definition) is 1. The van der Waals surface area contributed by atoms with E-state index < -0.39 is 10.8 Å². The van der Waals surface area contributed by atoms with Crippen LogP contribution in [-0.2, 0) is 23.1 Å². The molecule has 0 bridgehead atoms. The van der Waals surface area contributed by atoms with Gasteiger partial charge in [0.25, 0.3) is 5.22 Å². The minimum Gasteiger partial charge on any atom is -0.430 e. The third kappa shape index (κ3) is 2.69. The number of aromatic nitrogens is 3. The molecule has 6 nitrogen and oxygen atoms in total. The van der Waals surface area contributed by atoms with Crippen molar-refractivity contribution in [2.24, 2.45) is 0 Å². The van der Waals surface area contributed by atoms with E-state index in [1.807, 2.05) is 24.6 Å². The predicted molar refractivity (Wildman–Crippen MR) is 81.2 cm³/mol. The molecule has 110 valence electrons. The normalized spacial score (nSPS) is 12.9. The van der Waals surface area contributed by atoms with Gasteiger partial charge in [-0.2, -0.15) is 5.10 Å². The Morgan fingerprint density at radius 1 is 1.38 bits per heavy atom. The number of nitrogens with two attached hydrogens (primary N) is 1. The van der Waals surface area contributed by atoms with Crippen LogP contribution in [0, 0.1) is 6.92 Å². The molecular weight excluding hydrogens is 288 g/mol. The number of oxazole rings is 1. The van der Waals surface area contributed by atoms with Gasteiger partial charge in [0.15, 0.2) is 5.58 Å². The summed E-state index contributed by atoms with van der Waals surface area (Å²) < 4.78 is 19.8. The van der Waals surface area contributed by atoms with Crippen molar-refractivity contribution in [3.63, 3.8) is 0 Å². The van der Waals surface area contributed by atoms with Crippen molar-refractivity contribution >= 4 is 27.6 Å². The third-order valence-electron chi connectivity index (χ3n) is 3.15. The molecule has 3 rings (SSSR count). The van der Waals surface area contributed by atoms with Gasteiger partial charge in [-0.25, -0.2) is 9.19 Å². The van der Waals surface area contributed by atoms with Gasteiger partial charge in [0.2, 0.25) is 0 Å². The highest BCUT2D eigenvalue weighted by molar-refractivity contribution is 7.84. The molecular formula is C14H16N4O2S. The average molecular weight is 304 g/mol. The maximum atomic E-state index is 12.4. The number of benzene rings is 1. The van der Waals surface area contributed by atoms with Crippen LogP contribution < -0.4 is 5.73 Å². The van der Waals surface area contributed by atoms with E-state index in [1.165, 1.54) is 0 Å². The van der Waals surface area contributed by atoms with Crippen LogP contribution in [0.2, 0.25) is 0 Å². The summed E-state index contributed by atoms with van der Waals surface area (Å²) in [7, 11) is -1.35. The van der Waals surface area contributed by atoms with Crippen molar-refractivity contribution in [2.75, 3.05) is 5.73 Å². The van der Waals surface area contributed by atoms with E-state index in [2.05, 4.69) is 10.1 Å². The molecule has 1 aromatic carbocycles. The Morgan fingerprint density at radius 2 is 2.19 bits per heavy atom. The van der Waals surface area contributed by atoms with Crippen molar-refractivity contribution in [1.29, 1.82) is 0 Å². The van der Waals surface area contributed by atoms with Crippen LogP contribution in [-0.4, -0.2) is 19.0 Å². The number of rotatable bonds is 4. The summed E-state index contributed by atoms with van der Waals surface area (Å²) in [5.74, 6) is 0.330. The predicted octanol–water partition coefficient (Wildman–Crippen LogP) is 2.24. The lowest BCUT2D eigenvalue weighted by molar-refractivity contribution is 0.477. The van der Waals surface area contributed by atoms with Gasteiger partial charge in [0, 0.05) is 18.3 Å². The highest BCUT2D eigenvalue weighted by atomic mass is 32.2. The molecule has 2 heterocycles. The summed E-state index contributed by atoms with van der Waals surface area (Å²) in [4.78, 5) is 4.26. The molecule has 0 saturated carbocycles. The molecule has 0 radical (unpaired) electrons. The Bertz CT molecular complexity index is 822. The first-order valence-corrected chi connectivity index (χ1v) is 7.96. The highest BCUT2D eigenvalue weighted by Crippen LogP contribution is 2.21. The minimum absolute atomic E-state index is 0.220. The van der Waals surface area contributed by atoms with E-state index in [-0.39, 0.29) is 5.22 Å². The Balaban J connectivity index is 1.89. The van der Waals surface area contributed by atoms with Gasteiger partial charge in [-0.15, -0.1) is 0 Å². The SMILES string of the molecule is CCn1nc(C)cc1CS(=O)c1nc2ccc(N)cc2o1. The zero-order valence-electron chi connectivity index (χ0n) is 11.9. The lowest BCUT2D eigenvalue weighted by atomic mass is 10.3. The molecule has 2 aromatic heterocycles. The Labute approximate surface area is 124 Å². The molecule has 1 atom stereocenters. The fourth-order valence-electron chi connectivity index (χ4n) is 2.20. The summed E-state index contributed by atoms with van der Waals surface area (Å²) in [6, 6.07) is 7.12. The third-order valence-corrected chi connectivity index (χ3v) is 4.27. The average Bonchev–Trinajstić information content (AvgIpc) is 3.01. The van der Waals surface area contributed by atoms with Crippen LogP contribution >= 0.6 is 0 Å². The van der Waals surface area contributed by atoms with Crippen molar-refractivity contribution < 1.29 is 8.63 Å². The number of fused-ring (bicyclic) bond motifs is 1. The summed E-state index contributed by atoms with van der Waals surface area (Å²) in [5.41, 5.74) is 9.33.